The van der Waals surface area contributed by atoms with Gasteiger partial charge in [-0.3, -0.25) is 4.68 Å². The smallest absolute Gasteiger partial charge is 0.0681 e. The molecule has 0 radical (unpaired) electrons. The van der Waals surface area contributed by atoms with Crippen LogP contribution in [0.4, 0.5) is 0 Å². The molecule has 1 atom stereocenters. The van der Waals surface area contributed by atoms with Crippen molar-refractivity contribution in [3.05, 3.63) is 53.0 Å². The van der Waals surface area contributed by atoms with E-state index in [0.29, 0.717) is 6.54 Å². The lowest BCUT2D eigenvalue weighted by Gasteiger charge is -2.17. The van der Waals surface area contributed by atoms with Crippen LogP contribution in [0.3, 0.4) is 0 Å². The predicted octanol–water partition coefficient (Wildman–Crippen LogP) is 3.61. The average Bonchev–Trinajstić information content (AvgIpc) is 3.03. The molecule has 0 saturated carbocycles. The first-order valence-corrected chi connectivity index (χ1v) is 8.54. The number of rotatable bonds is 3. The second-order valence-electron chi connectivity index (χ2n) is 7.69. The Morgan fingerprint density at radius 1 is 1.17 bits per heavy atom. The number of nitrogens with zero attached hydrogens (tertiary/aromatic N) is 3. The second-order valence-corrected chi connectivity index (χ2v) is 7.69. The summed E-state index contributed by atoms with van der Waals surface area (Å²) >= 11 is 0. The maximum Gasteiger partial charge on any atom is 0.0681 e. The van der Waals surface area contributed by atoms with Gasteiger partial charge in [0.05, 0.1) is 5.69 Å². The summed E-state index contributed by atoms with van der Waals surface area (Å²) in [4.78, 5) is 0. The molecule has 1 aromatic carbocycles. The van der Waals surface area contributed by atoms with Crippen LogP contribution < -0.4 is 5.73 Å². The molecule has 0 bridgehead atoms. The van der Waals surface area contributed by atoms with Gasteiger partial charge in [0.25, 0.3) is 0 Å². The van der Waals surface area contributed by atoms with Gasteiger partial charge in [0, 0.05) is 54.3 Å². The quantitative estimate of drug-likeness (QED) is 0.800. The molecule has 0 saturated heterocycles. The van der Waals surface area contributed by atoms with Crippen molar-refractivity contribution in [1.29, 1.82) is 0 Å². The summed E-state index contributed by atoms with van der Waals surface area (Å²) in [5.41, 5.74) is 12.4. The Bertz CT molecular complexity index is 877. The van der Waals surface area contributed by atoms with Crippen LogP contribution in [0.2, 0.25) is 0 Å². The Hall–Kier alpha value is -2.07. The van der Waals surface area contributed by atoms with Crippen molar-refractivity contribution in [2.75, 3.05) is 6.54 Å². The normalized spacial score (nSPS) is 13.6. The molecule has 0 aliphatic heterocycles. The number of benzene rings is 1. The average molecular weight is 324 g/mol. The molecule has 3 aromatic rings. The molecular weight excluding hydrogens is 296 g/mol. The van der Waals surface area contributed by atoms with Crippen LogP contribution in [0.5, 0.6) is 0 Å². The van der Waals surface area contributed by atoms with Crippen molar-refractivity contribution >= 4 is 10.9 Å². The predicted molar refractivity (Wildman–Crippen MR) is 100 cm³/mol. The zero-order valence-electron chi connectivity index (χ0n) is 15.6. The second kappa shape index (κ2) is 5.78. The SMILES string of the molecule is Cc1c(C(CN)c2cc(C(C)(C)C)nn2C)c2ccccc2n1C. The first kappa shape index (κ1) is 16.8. The van der Waals surface area contributed by atoms with Gasteiger partial charge in [0.2, 0.25) is 0 Å². The Balaban J connectivity index is 2.21. The molecule has 0 spiro atoms. The van der Waals surface area contributed by atoms with Gasteiger partial charge in [-0.05, 0) is 24.6 Å². The van der Waals surface area contributed by atoms with Gasteiger partial charge in [0.15, 0.2) is 0 Å². The minimum Gasteiger partial charge on any atom is -0.348 e. The van der Waals surface area contributed by atoms with Crippen LogP contribution in [-0.4, -0.2) is 20.9 Å². The van der Waals surface area contributed by atoms with E-state index in [0.717, 1.165) is 5.69 Å². The summed E-state index contributed by atoms with van der Waals surface area (Å²) in [5.74, 6) is 0.143. The van der Waals surface area contributed by atoms with E-state index in [1.54, 1.807) is 0 Å². The summed E-state index contributed by atoms with van der Waals surface area (Å²) in [6.45, 7) is 9.33. The molecule has 0 aliphatic rings. The van der Waals surface area contributed by atoms with Crippen LogP contribution in [0.25, 0.3) is 10.9 Å². The van der Waals surface area contributed by atoms with Gasteiger partial charge in [-0.15, -0.1) is 0 Å². The van der Waals surface area contributed by atoms with E-state index in [4.69, 9.17) is 10.8 Å². The van der Waals surface area contributed by atoms with Gasteiger partial charge in [-0.1, -0.05) is 39.0 Å². The highest BCUT2D eigenvalue weighted by Crippen LogP contribution is 2.35. The fourth-order valence-electron chi connectivity index (χ4n) is 3.55. The molecule has 4 heteroatoms. The zero-order chi connectivity index (χ0) is 17.6. The fraction of sp³-hybridized carbons (Fsp3) is 0.450. The Kier molecular flexibility index (Phi) is 4.04. The van der Waals surface area contributed by atoms with Gasteiger partial charge in [-0.25, -0.2) is 0 Å². The van der Waals surface area contributed by atoms with E-state index >= 15 is 0 Å². The van der Waals surface area contributed by atoms with E-state index in [1.165, 1.54) is 27.9 Å². The number of para-hydroxylation sites is 1. The van der Waals surface area contributed by atoms with Gasteiger partial charge in [0.1, 0.15) is 0 Å². The topological polar surface area (TPSA) is 48.8 Å². The van der Waals surface area contributed by atoms with Crippen molar-refractivity contribution < 1.29 is 0 Å². The molecule has 3 rings (SSSR count). The molecule has 2 heterocycles. The molecular formula is C20H28N4. The van der Waals surface area contributed by atoms with Crippen molar-refractivity contribution in [1.82, 2.24) is 14.3 Å². The van der Waals surface area contributed by atoms with Gasteiger partial charge < -0.3 is 10.3 Å². The summed E-state index contributed by atoms with van der Waals surface area (Å²) in [5, 5.41) is 6.03. The number of aryl methyl sites for hydroxylation is 2. The van der Waals surface area contributed by atoms with E-state index in [9.17, 15) is 0 Å². The fourth-order valence-corrected chi connectivity index (χ4v) is 3.55. The maximum atomic E-state index is 6.24. The molecule has 128 valence electrons. The van der Waals surface area contributed by atoms with Crippen LogP contribution >= 0.6 is 0 Å². The highest BCUT2D eigenvalue weighted by Gasteiger charge is 2.26. The summed E-state index contributed by atoms with van der Waals surface area (Å²) in [7, 11) is 4.15. The lowest BCUT2D eigenvalue weighted by atomic mass is 9.89. The molecule has 0 aliphatic carbocycles. The number of aromatic nitrogens is 3. The highest BCUT2D eigenvalue weighted by molar-refractivity contribution is 5.86. The zero-order valence-corrected chi connectivity index (χ0v) is 15.6. The number of hydrogen-bond acceptors (Lipinski definition) is 2. The Labute approximate surface area is 144 Å². The molecule has 4 nitrogen and oxygen atoms in total. The van der Waals surface area contributed by atoms with E-state index in [-0.39, 0.29) is 11.3 Å². The number of nitrogens with two attached hydrogens (primary N) is 1. The Morgan fingerprint density at radius 2 is 1.83 bits per heavy atom. The van der Waals surface area contributed by atoms with Crippen LogP contribution in [0, 0.1) is 6.92 Å². The van der Waals surface area contributed by atoms with Crippen LogP contribution in [-0.2, 0) is 19.5 Å². The molecule has 2 aromatic heterocycles. The minimum atomic E-state index is 0.0307. The van der Waals surface area contributed by atoms with Crippen molar-refractivity contribution in [2.45, 2.75) is 39.0 Å². The summed E-state index contributed by atoms with van der Waals surface area (Å²) in [6.07, 6.45) is 0. The van der Waals surface area contributed by atoms with Crippen molar-refractivity contribution in [2.24, 2.45) is 19.8 Å². The van der Waals surface area contributed by atoms with E-state index < -0.39 is 0 Å². The van der Waals surface area contributed by atoms with Gasteiger partial charge in [-0.2, -0.15) is 5.10 Å². The lowest BCUT2D eigenvalue weighted by molar-refractivity contribution is 0.550. The molecule has 1 unspecified atom stereocenters. The third-order valence-corrected chi connectivity index (χ3v) is 5.07. The summed E-state index contributed by atoms with van der Waals surface area (Å²) < 4.78 is 4.26. The first-order valence-electron chi connectivity index (χ1n) is 8.54. The number of fused-ring (bicyclic) bond motifs is 1. The largest absolute Gasteiger partial charge is 0.348 e. The lowest BCUT2D eigenvalue weighted by Crippen LogP contribution is -2.18. The maximum absolute atomic E-state index is 6.24. The third kappa shape index (κ3) is 2.55. The molecule has 0 amide bonds. The van der Waals surface area contributed by atoms with Crippen molar-refractivity contribution in [3.8, 4) is 0 Å². The van der Waals surface area contributed by atoms with E-state index in [2.05, 4.69) is 69.6 Å². The monoisotopic (exact) mass is 324 g/mol. The third-order valence-electron chi connectivity index (χ3n) is 5.07. The van der Waals surface area contributed by atoms with Crippen molar-refractivity contribution in [3.63, 3.8) is 0 Å². The molecule has 24 heavy (non-hydrogen) atoms. The van der Waals surface area contributed by atoms with Crippen LogP contribution in [0.15, 0.2) is 30.3 Å². The number of hydrogen-bond donors (Lipinski definition) is 1. The first-order chi connectivity index (χ1) is 11.3. The molecule has 0 fully saturated rings. The van der Waals surface area contributed by atoms with Crippen LogP contribution in [0.1, 0.15) is 49.3 Å². The molecule has 2 N–H and O–H groups in total. The van der Waals surface area contributed by atoms with Gasteiger partial charge >= 0.3 is 0 Å². The summed E-state index contributed by atoms with van der Waals surface area (Å²) in [6, 6.07) is 10.8. The minimum absolute atomic E-state index is 0.0307. The highest BCUT2D eigenvalue weighted by atomic mass is 15.3. The Morgan fingerprint density at radius 3 is 2.42 bits per heavy atom. The van der Waals surface area contributed by atoms with E-state index in [1.807, 2.05) is 11.7 Å². The standard InChI is InChI=1S/C20H28N4/c1-13-19(14-9-7-8-10-16(14)23(13)5)15(12-21)17-11-18(20(2,3)4)22-24(17)6/h7-11,15H,12,21H2,1-6H3.